The number of nitrogens with one attached hydrogen (secondary N) is 1. The predicted octanol–water partition coefficient (Wildman–Crippen LogP) is 3.23. The van der Waals surface area contributed by atoms with E-state index in [4.69, 9.17) is 11.6 Å². The monoisotopic (exact) mass is 233 g/mol. The van der Waals surface area contributed by atoms with Crippen LogP contribution in [0.1, 0.15) is 6.92 Å². The van der Waals surface area contributed by atoms with Crippen molar-refractivity contribution in [3.8, 4) is 11.3 Å². The highest BCUT2D eigenvalue weighted by Gasteiger charge is 2.00. The summed E-state index contributed by atoms with van der Waals surface area (Å²) in [5.41, 5.74) is 1.80. The van der Waals surface area contributed by atoms with Gasteiger partial charge >= 0.3 is 0 Å². The van der Waals surface area contributed by atoms with E-state index in [9.17, 15) is 0 Å². The Hall–Kier alpha value is -1.61. The lowest BCUT2D eigenvalue weighted by molar-refractivity contribution is 1.02. The van der Waals surface area contributed by atoms with Crippen LogP contribution in [-0.2, 0) is 0 Å². The Balaban J connectivity index is 2.27. The van der Waals surface area contributed by atoms with Crippen molar-refractivity contribution in [3.05, 3.63) is 41.4 Å². The highest BCUT2D eigenvalue weighted by atomic mass is 35.5. The van der Waals surface area contributed by atoms with E-state index in [1.54, 1.807) is 0 Å². The molecule has 1 aromatic heterocycles. The molecule has 0 spiro atoms. The average molecular weight is 234 g/mol. The molecule has 0 aliphatic carbocycles. The number of benzene rings is 1. The van der Waals surface area contributed by atoms with Gasteiger partial charge in [0.05, 0.1) is 5.69 Å². The minimum absolute atomic E-state index is 0.704. The van der Waals surface area contributed by atoms with Crippen molar-refractivity contribution in [2.75, 3.05) is 11.9 Å². The summed E-state index contributed by atoms with van der Waals surface area (Å²) < 4.78 is 0. The fourth-order valence-electron chi connectivity index (χ4n) is 1.41. The van der Waals surface area contributed by atoms with Crippen molar-refractivity contribution in [2.45, 2.75) is 6.92 Å². The van der Waals surface area contributed by atoms with Gasteiger partial charge in [0.2, 0.25) is 0 Å². The Kier molecular flexibility index (Phi) is 3.37. The van der Waals surface area contributed by atoms with E-state index in [0.717, 1.165) is 23.6 Å². The third-order valence-corrected chi connectivity index (χ3v) is 2.38. The first kappa shape index (κ1) is 10.9. The van der Waals surface area contributed by atoms with Gasteiger partial charge in [0, 0.05) is 17.1 Å². The van der Waals surface area contributed by atoms with Gasteiger partial charge in [-0.15, -0.1) is 10.2 Å². The topological polar surface area (TPSA) is 37.8 Å². The van der Waals surface area contributed by atoms with Crippen LogP contribution in [0.2, 0.25) is 5.02 Å². The maximum atomic E-state index is 5.92. The van der Waals surface area contributed by atoms with Crippen molar-refractivity contribution in [3.63, 3.8) is 0 Å². The van der Waals surface area contributed by atoms with Crippen LogP contribution in [0.4, 0.5) is 5.82 Å². The molecule has 0 saturated carbocycles. The summed E-state index contributed by atoms with van der Waals surface area (Å²) >= 11 is 5.92. The van der Waals surface area contributed by atoms with Crippen molar-refractivity contribution in [1.82, 2.24) is 10.2 Å². The van der Waals surface area contributed by atoms with Crippen molar-refractivity contribution >= 4 is 17.4 Å². The first-order valence-corrected chi connectivity index (χ1v) is 5.51. The van der Waals surface area contributed by atoms with E-state index in [1.165, 1.54) is 0 Å². The van der Waals surface area contributed by atoms with E-state index in [2.05, 4.69) is 15.5 Å². The number of nitrogens with zero attached hydrogens (tertiary/aromatic N) is 2. The minimum Gasteiger partial charge on any atom is -0.369 e. The van der Waals surface area contributed by atoms with Crippen LogP contribution < -0.4 is 5.32 Å². The molecule has 4 heteroatoms. The van der Waals surface area contributed by atoms with Crippen molar-refractivity contribution < 1.29 is 0 Å². The Morgan fingerprint density at radius 3 is 2.69 bits per heavy atom. The van der Waals surface area contributed by atoms with Gasteiger partial charge < -0.3 is 5.32 Å². The Bertz CT molecular complexity index is 468. The van der Waals surface area contributed by atoms with Gasteiger partial charge in [-0.1, -0.05) is 23.7 Å². The van der Waals surface area contributed by atoms with Crippen molar-refractivity contribution in [1.29, 1.82) is 0 Å². The molecule has 0 aliphatic heterocycles. The predicted molar refractivity (Wildman–Crippen MR) is 66.6 cm³/mol. The average Bonchev–Trinajstić information content (AvgIpc) is 2.30. The molecule has 0 fully saturated rings. The van der Waals surface area contributed by atoms with Crippen LogP contribution in [0.3, 0.4) is 0 Å². The van der Waals surface area contributed by atoms with Crippen LogP contribution in [0.5, 0.6) is 0 Å². The molecule has 1 heterocycles. The zero-order valence-corrected chi connectivity index (χ0v) is 9.70. The first-order valence-electron chi connectivity index (χ1n) is 5.13. The van der Waals surface area contributed by atoms with Crippen LogP contribution in [0, 0.1) is 0 Å². The van der Waals surface area contributed by atoms with Crippen LogP contribution in [-0.4, -0.2) is 16.7 Å². The van der Waals surface area contributed by atoms with Gasteiger partial charge in [-0.05, 0) is 31.2 Å². The molecule has 0 bridgehead atoms. The molecule has 2 aromatic rings. The summed E-state index contributed by atoms with van der Waals surface area (Å²) in [5.74, 6) is 0.785. The van der Waals surface area contributed by atoms with Gasteiger partial charge in [-0.25, -0.2) is 0 Å². The van der Waals surface area contributed by atoms with Crippen LogP contribution in [0.15, 0.2) is 36.4 Å². The van der Waals surface area contributed by atoms with E-state index in [-0.39, 0.29) is 0 Å². The number of anilines is 1. The Morgan fingerprint density at radius 2 is 2.06 bits per heavy atom. The highest BCUT2D eigenvalue weighted by molar-refractivity contribution is 6.30. The second-order valence-corrected chi connectivity index (χ2v) is 3.78. The maximum absolute atomic E-state index is 5.92. The summed E-state index contributed by atoms with van der Waals surface area (Å²) in [5, 5.41) is 12.0. The van der Waals surface area contributed by atoms with E-state index in [0.29, 0.717) is 5.02 Å². The van der Waals surface area contributed by atoms with Crippen molar-refractivity contribution in [2.24, 2.45) is 0 Å². The highest BCUT2D eigenvalue weighted by Crippen LogP contribution is 2.20. The quantitative estimate of drug-likeness (QED) is 0.885. The summed E-state index contributed by atoms with van der Waals surface area (Å²) in [7, 11) is 0. The molecule has 0 radical (unpaired) electrons. The lowest BCUT2D eigenvalue weighted by atomic mass is 10.1. The molecular weight excluding hydrogens is 222 g/mol. The molecule has 1 aromatic carbocycles. The number of halogens is 1. The summed E-state index contributed by atoms with van der Waals surface area (Å²) in [4.78, 5) is 0. The molecule has 3 nitrogen and oxygen atoms in total. The second kappa shape index (κ2) is 4.94. The van der Waals surface area contributed by atoms with Gasteiger partial charge in [-0.2, -0.15) is 0 Å². The van der Waals surface area contributed by atoms with Gasteiger partial charge in [0.1, 0.15) is 5.82 Å². The fraction of sp³-hybridized carbons (Fsp3) is 0.167. The lowest BCUT2D eigenvalue weighted by Crippen LogP contribution is -2.00. The molecule has 0 saturated heterocycles. The van der Waals surface area contributed by atoms with Crippen LogP contribution >= 0.6 is 11.6 Å². The molecule has 0 atom stereocenters. The Labute approximate surface area is 99.5 Å². The summed E-state index contributed by atoms with van der Waals surface area (Å²) in [6.45, 7) is 2.86. The smallest absolute Gasteiger partial charge is 0.148 e. The Morgan fingerprint density at radius 1 is 1.19 bits per heavy atom. The molecular formula is C12H12ClN3. The zero-order valence-electron chi connectivity index (χ0n) is 8.94. The minimum atomic E-state index is 0.704. The second-order valence-electron chi connectivity index (χ2n) is 3.34. The maximum Gasteiger partial charge on any atom is 0.148 e. The normalized spacial score (nSPS) is 10.1. The number of rotatable bonds is 3. The largest absolute Gasteiger partial charge is 0.369 e. The molecule has 0 aliphatic rings. The first-order chi connectivity index (χ1) is 7.79. The molecule has 82 valence electrons. The number of hydrogen-bond donors (Lipinski definition) is 1. The van der Waals surface area contributed by atoms with E-state index in [1.807, 2.05) is 43.3 Å². The van der Waals surface area contributed by atoms with E-state index < -0.39 is 0 Å². The van der Waals surface area contributed by atoms with Crippen LogP contribution in [0.25, 0.3) is 11.3 Å². The molecule has 16 heavy (non-hydrogen) atoms. The standard InChI is InChI=1S/C12H12ClN3/c1-2-14-12-7-6-11(15-16-12)9-4-3-5-10(13)8-9/h3-8H,2H2,1H3,(H,14,16). The molecule has 2 rings (SSSR count). The number of hydrogen-bond acceptors (Lipinski definition) is 3. The zero-order chi connectivity index (χ0) is 11.4. The lowest BCUT2D eigenvalue weighted by Gasteiger charge is -2.03. The fourth-order valence-corrected chi connectivity index (χ4v) is 1.60. The third kappa shape index (κ3) is 2.49. The molecule has 0 unspecified atom stereocenters. The molecule has 1 N–H and O–H groups in total. The summed E-state index contributed by atoms with van der Waals surface area (Å²) in [6.07, 6.45) is 0. The van der Waals surface area contributed by atoms with Gasteiger partial charge in [-0.3, -0.25) is 0 Å². The van der Waals surface area contributed by atoms with E-state index >= 15 is 0 Å². The summed E-state index contributed by atoms with van der Waals surface area (Å²) in [6, 6.07) is 11.4. The number of aromatic nitrogens is 2. The SMILES string of the molecule is CCNc1ccc(-c2cccc(Cl)c2)nn1. The van der Waals surface area contributed by atoms with Gasteiger partial charge in [0.15, 0.2) is 0 Å². The molecule has 0 amide bonds. The third-order valence-electron chi connectivity index (χ3n) is 2.14. The van der Waals surface area contributed by atoms with Gasteiger partial charge in [0.25, 0.3) is 0 Å².